The average molecular weight is 255 g/mol. The Morgan fingerprint density at radius 2 is 2.00 bits per heavy atom. The van der Waals surface area contributed by atoms with Gasteiger partial charge in [-0.05, 0) is 25.5 Å². The van der Waals surface area contributed by atoms with Gasteiger partial charge in [0, 0.05) is 0 Å². The molecule has 0 saturated carbocycles. The number of aryl methyl sites for hydroxylation is 1. The van der Waals surface area contributed by atoms with Crippen LogP contribution in [0.25, 0.3) is 0 Å². The van der Waals surface area contributed by atoms with Crippen molar-refractivity contribution in [2.45, 2.75) is 19.9 Å². The Balaban J connectivity index is 2.15. The number of nitrogen functional groups attached to an aromatic ring is 1. The van der Waals surface area contributed by atoms with E-state index in [1.165, 1.54) is 0 Å². The zero-order chi connectivity index (χ0) is 13.8. The molecule has 0 radical (unpaired) electrons. The Kier molecular flexibility index (Phi) is 3.80. The number of nitrogens with zero attached hydrogens (tertiary/aromatic N) is 1. The van der Waals surface area contributed by atoms with E-state index in [1.807, 2.05) is 37.3 Å². The van der Waals surface area contributed by atoms with E-state index in [1.54, 1.807) is 19.2 Å². The topological polar surface area (TPSA) is 68.0 Å². The van der Waals surface area contributed by atoms with Gasteiger partial charge in [-0.25, -0.2) is 0 Å². The lowest BCUT2D eigenvalue weighted by Crippen LogP contribution is -2.27. The third-order valence-corrected chi connectivity index (χ3v) is 3.00. The summed E-state index contributed by atoms with van der Waals surface area (Å²) in [5.41, 5.74) is 8.40. The SMILES string of the molecule is Cc1ncc(N)cc1C(=O)NC(C)c1ccccc1. The number of anilines is 1. The molecule has 0 aliphatic rings. The van der Waals surface area contributed by atoms with Crippen molar-refractivity contribution in [1.82, 2.24) is 10.3 Å². The fourth-order valence-electron chi connectivity index (χ4n) is 1.88. The molecule has 0 aliphatic heterocycles. The van der Waals surface area contributed by atoms with Gasteiger partial charge in [-0.3, -0.25) is 9.78 Å². The number of benzene rings is 1. The minimum atomic E-state index is -0.159. The highest BCUT2D eigenvalue weighted by molar-refractivity contribution is 5.96. The van der Waals surface area contributed by atoms with E-state index in [4.69, 9.17) is 5.73 Å². The van der Waals surface area contributed by atoms with E-state index >= 15 is 0 Å². The number of aromatic nitrogens is 1. The summed E-state index contributed by atoms with van der Waals surface area (Å²) in [6.45, 7) is 3.74. The zero-order valence-electron chi connectivity index (χ0n) is 11.1. The van der Waals surface area contributed by atoms with Crippen molar-refractivity contribution < 1.29 is 4.79 Å². The number of hydrogen-bond acceptors (Lipinski definition) is 3. The van der Waals surface area contributed by atoms with Crippen LogP contribution < -0.4 is 11.1 Å². The molecule has 1 amide bonds. The van der Waals surface area contributed by atoms with Crippen molar-refractivity contribution >= 4 is 11.6 Å². The summed E-state index contributed by atoms with van der Waals surface area (Å²) >= 11 is 0. The largest absolute Gasteiger partial charge is 0.397 e. The van der Waals surface area contributed by atoms with Crippen molar-refractivity contribution in [2.75, 3.05) is 5.73 Å². The number of carbonyl (C=O) groups excluding carboxylic acids is 1. The second-order valence-electron chi connectivity index (χ2n) is 4.51. The lowest BCUT2D eigenvalue weighted by molar-refractivity contribution is 0.0939. The Morgan fingerprint density at radius 1 is 1.32 bits per heavy atom. The van der Waals surface area contributed by atoms with Crippen LogP contribution in [0.2, 0.25) is 0 Å². The molecule has 0 fully saturated rings. The summed E-state index contributed by atoms with van der Waals surface area (Å²) in [5, 5.41) is 2.95. The summed E-state index contributed by atoms with van der Waals surface area (Å²) in [6.07, 6.45) is 1.55. The molecule has 1 aromatic heterocycles. The van der Waals surface area contributed by atoms with Gasteiger partial charge in [0.1, 0.15) is 0 Å². The van der Waals surface area contributed by atoms with Gasteiger partial charge < -0.3 is 11.1 Å². The fourth-order valence-corrected chi connectivity index (χ4v) is 1.88. The summed E-state index contributed by atoms with van der Waals surface area (Å²) in [7, 11) is 0. The second kappa shape index (κ2) is 5.52. The maximum atomic E-state index is 12.2. The molecule has 0 saturated heterocycles. The van der Waals surface area contributed by atoms with Crippen LogP contribution in [0, 0.1) is 6.92 Å². The molecule has 2 aromatic rings. The summed E-state index contributed by atoms with van der Waals surface area (Å²) in [4.78, 5) is 16.3. The zero-order valence-corrected chi connectivity index (χ0v) is 11.1. The third kappa shape index (κ3) is 3.10. The van der Waals surface area contributed by atoms with Crippen LogP contribution in [0.3, 0.4) is 0 Å². The Morgan fingerprint density at radius 3 is 2.68 bits per heavy atom. The van der Waals surface area contributed by atoms with E-state index in [2.05, 4.69) is 10.3 Å². The maximum Gasteiger partial charge on any atom is 0.253 e. The van der Waals surface area contributed by atoms with Crippen LogP contribution in [0.5, 0.6) is 0 Å². The molecule has 0 aliphatic carbocycles. The highest BCUT2D eigenvalue weighted by Gasteiger charge is 2.14. The van der Waals surface area contributed by atoms with Crippen LogP contribution in [0.1, 0.15) is 34.6 Å². The van der Waals surface area contributed by atoms with Gasteiger partial charge in [0.05, 0.1) is 29.2 Å². The predicted octanol–water partition coefficient (Wildman–Crippen LogP) is 2.46. The van der Waals surface area contributed by atoms with Gasteiger partial charge in [0.15, 0.2) is 0 Å². The van der Waals surface area contributed by atoms with Crippen LogP contribution in [0.4, 0.5) is 5.69 Å². The predicted molar refractivity (Wildman–Crippen MR) is 75.7 cm³/mol. The maximum absolute atomic E-state index is 12.2. The summed E-state index contributed by atoms with van der Waals surface area (Å²) in [5.74, 6) is -0.159. The van der Waals surface area contributed by atoms with Gasteiger partial charge in [0.25, 0.3) is 5.91 Å². The number of hydrogen-bond donors (Lipinski definition) is 2. The van der Waals surface area contributed by atoms with Gasteiger partial charge in [-0.15, -0.1) is 0 Å². The molecular weight excluding hydrogens is 238 g/mol. The molecule has 98 valence electrons. The smallest absolute Gasteiger partial charge is 0.253 e. The van der Waals surface area contributed by atoms with Crippen molar-refractivity contribution in [3.63, 3.8) is 0 Å². The molecule has 1 heterocycles. The fraction of sp³-hybridized carbons (Fsp3) is 0.200. The number of nitrogens with two attached hydrogens (primary N) is 1. The van der Waals surface area contributed by atoms with Crippen LogP contribution in [-0.2, 0) is 0 Å². The molecule has 19 heavy (non-hydrogen) atoms. The van der Waals surface area contributed by atoms with Crippen molar-refractivity contribution in [3.05, 3.63) is 59.4 Å². The van der Waals surface area contributed by atoms with Crippen LogP contribution in [-0.4, -0.2) is 10.9 Å². The van der Waals surface area contributed by atoms with Crippen molar-refractivity contribution in [3.8, 4) is 0 Å². The summed E-state index contributed by atoms with van der Waals surface area (Å²) < 4.78 is 0. The number of nitrogens with one attached hydrogen (secondary N) is 1. The van der Waals surface area contributed by atoms with Gasteiger partial charge in [-0.1, -0.05) is 30.3 Å². The van der Waals surface area contributed by atoms with Gasteiger partial charge in [0.2, 0.25) is 0 Å². The van der Waals surface area contributed by atoms with Crippen LogP contribution in [0.15, 0.2) is 42.6 Å². The first kappa shape index (κ1) is 13.1. The van der Waals surface area contributed by atoms with Gasteiger partial charge in [-0.2, -0.15) is 0 Å². The minimum absolute atomic E-state index is 0.0606. The molecule has 1 atom stereocenters. The molecular formula is C15H17N3O. The number of pyridine rings is 1. The molecule has 3 N–H and O–H groups in total. The first-order valence-corrected chi connectivity index (χ1v) is 6.16. The lowest BCUT2D eigenvalue weighted by atomic mass is 10.1. The first-order valence-electron chi connectivity index (χ1n) is 6.16. The van der Waals surface area contributed by atoms with Crippen molar-refractivity contribution in [1.29, 1.82) is 0 Å². The molecule has 4 nitrogen and oxygen atoms in total. The highest BCUT2D eigenvalue weighted by Crippen LogP contribution is 2.14. The molecule has 2 rings (SSSR count). The second-order valence-corrected chi connectivity index (χ2v) is 4.51. The quantitative estimate of drug-likeness (QED) is 0.885. The number of carbonyl (C=O) groups is 1. The molecule has 1 aromatic carbocycles. The molecule has 1 unspecified atom stereocenters. The standard InChI is InChI=1S/C15H17N3O/c1-10(12-6-4-3-5-7-12)18-15(19)14-8-13(16)9-17-11(14)2/h3-10H,16H2,1-2H3,(H,18,19). The first-order chi connectivity index (χ1) is 9.08. The van der Waals surface area contributed by atoms with E-state index < -0.39 is 0 Å². The van der Waals surface area contributed by atoms with E-state index in [9.17, 15) is 4.79 Å². The van der Waals surface area contributed by atoms with E-state index in [0.29, 0.717) is 16.9 Å². The summed E-state index contributed by atoms with van der Waals surface area (Å²) in [6, 6.07) is 11.4. The van der Waals surface area contributed by atoms with Gasteiger partial charge >= 0.3 is 0 Å². The minimum Gasteiger partial charge on any atom is -0.397 e. The van der Waals surface area contributed by atoms with Crippen LogP contribution >= 0.6 is 0 Å². The Hall–Kier alpha value is -2.36. The average Bonchev–Trinajstić information content (AvgIpc) is 2.42. The number of amides is 1. The Labute approximate surface area is 112 Å². The monoisotopic (exact) mass is 255 g/mol. The molecule has 4 heteroatoms. The van der Waals surface area contributed by atoms with E-state index in [0.717, 1.165) is 5.56 Å². The molecule has 0 spiro atoms. The normalized spacial score (nSPS) is 11.9. The van der Waals surface area contributed by atoms with Crippen molar-refractivity contribution in [2.24, 2.45) is 0 Å². The highest BCUT2D eigenvalue weighted by atomic mass is 16.1. The number of rotatable bonds is 3. The third-order valence-electron chi connectivity index (χ3n) is 3.00. The van der Waals surface area contributed by atoms with E-state index in [-0.39, 0.29) is 11.9 Å². The molecule has 0 bridgehead atoms. The lowest BCUT2D eigenvalue weighted by Gasteiger charge is -2.15. The Bertz CT molecular complexity index is 581.